The molecule has 0 heterocycles. The highest BCUT2D eigenvalue weighted by molar-refractivity contribution is 7.89. The van der Waals surface area contributed by atoms with Gasteiger partial charge in [0.05, 0.1) is 15.5 Å². The summed E-state index contributed by atoms with van der Waals surface area (Å²) in [6, 6.07) is 4.50. The monoisotopic (exact) mass is 494 g/mol. The quantitative estimate of drug-likeness (QED) is 0.444. The number of nitro benzene ring substituents is 1. The predicted octanol–water partition coefficient (Wildman–Crippen LogP) is 3.96. The molecule has 9 nitrogen and oxygen atoms in total. The Balaban J connectivity index is 2.26. The fourth-order valence-corrected chi connectivity index (χ4v) is 3.90. The first-order valence-corrected chi connectivity index (χ1v) is 10.6. The Bertz CT molecular complexity index is 1160. The minimum atomic E-state index is -4.77. The van der Waals surface area contributed by atoms with Gasteiger partial charge in [0.15, 0.2) is 0 Å². The van der Waals surface area contributed by atoms with Gasteiger partial charge in [0.2, 0.25) is 15.9 Å². The summed E-state index contributed by atoms with van der Waals surface area (Å²) in [6.07, 6.45) is -4.77. The van der Waals surface area contributed by atoms with Gasteiger partial charge in [0.1, 0.15) is 16.6 Å². The van der Waals surface area contributed by atoms with Crippen molar-refractivity contribution in [3.05, 3.63) is 57.1 Å². The molecule has 0 aromatic heterocycles. The van der Waals surface area contributed by atoms with Crippen LogP contribution in [0.3, 0.4) is 0 Å². The van der Waals surface area contributed by atoms with Crippen LogP contribution in [0.4, 0.5) is 30.2 Å². The zero-order valence-electron chi connectivity index (χ0n) is 16.9. The molecular weight excluding hydrogens is 477 g/mol. The predicted molar refractivity (Wildman–Crippen MR) is 112 cm³/mol. The number of benzene rings is 2. The lowest BCUT2D eigenvalue weighted by atomic mass is 10.1. The van der Waals surface area contributed by atoms with E-state index in [9.17, 15) is 36.5 Å². The normalized spacial score (nSPS) is 13.0. The Labute approximate surface area is 186 Å². The third kappa shape index (κ3) is 5.66. The van der Waals surface area contributed by atoms with Crippen LogP contribution >= 0.6 is 11.6 Å². The third-order valence-electron chi connectivity index (χ3n) is 4.24. The number of hydrogen-bond donors (Lipinski definition) is 2. The number of nitro groups is 1. The molecular formula is C18H18ClF3N4O5S. The molecule has 14 heteroatoms. The number of halogens is 4. The number of hydrogen-bond acceptors (Lipinski definition) is 6. The Morgan fingerprint density at radius 1 is 1.19 bits per heavy atom. The van der Waals surface area contributed by atoms with E-state index in [1.807, 2.05) is 0 Å². The maximum absolute atomic E-state index is 12.8. The van der Waals surface area contributed by atoms with Crippen molar-refractivity contribution in [1.82, 2.24) is 4.31 Å². The van der Waals surface area contributed by atoms with E-state index in [0.717, 1.165) is 16.4 Å². The lowest BCUT2D eigenvalue weighted by Crippen LogP contribution is -2.32. The summed E-state index contributed by atoms with van der Waals surface area (Å²) < 4.78 is 64.1. The molecule has 2 N–H and O–H groups in total. The van der Waals surface area contributed by atoms with Crippen LogP contribution in [0.2, 0.25) is 5.02 Å². The molecule has 2 rings (SSSR count). The molecule has 0 fully saturated rings. The molecule has 0 saturated heterocycles. The van der Waals surface area contributed by atoms with Crippen molar-refractivity contribution in [2.24, 2.45) is 0 Å². The first-order chi connectivity index (χ1) is 14.6. The number of nitrogens with zero attached hydrogens (tertiary/aromatic N) is 2. The Morgan fingerprint density at radius 2 is 1.81 bits per heavy atom. The van der Waals surface area contributed by atoms with Gasteiger partial charge in [-0.25, -0.2) is 12.7 Å². The summed E-state index contributed by atoms with van der Waals surface area (Å²) in [4.78, 5) is 22.4. The number of carbonyl (C=O) groups excluding carboxylic acids is 1. The lowest BCUT2D eigenvalue weighted by Gasteiger charge is -2.17. The van der Waals surface area contributed by atoms with Crippen molar-refractivity contribution in [3.8, 4) is 0 Å². The molecule has 2 aromatic rings. The molecule has 0 bridgehead atoms. The molecule has 2 aromatic carbocycles. The largest absolute Gasteiger partial charge is 0.416 e. The van der Waals surface area contributed by atoms with Crippen LogP contribution in [0.1, 0.15) is 12.5 Å². The summed E-state index contributed by atoms with van der Waals surface area (Å²) in [5.41, 5.74) is -2.28. The molecule has 1 unspecified atom stereocenters. The van der Waals surface area contributed by atoms with Crippen molar-refractivity contribution >= 4 is 44.6 Å². The number of anilines is 2. The average molecular weight is 495 g/mol. The van der Waals surface area contributed by atoms with Gasteiger partial charge in [-0.3, -0.25) is 14.9 Å². The highest BCUT2D eigenvalue weighted by atomic mass is 35.5. The van der Waals surface area contributed by atoms with E-state index in [2.05, 4.69) is 10.6 Å². The van der Waals surface area contributed by atoms with Crippen LogP contribution < -0.4 is 10.6 Å². The highest BCUT2D eigenvalue weighted by Crippen LogP contribution is 2.35. The van der Waals surface area contributed by atoms with Gasteiger partial charge < -0.3 is 10.6 Å². The maximum Gasteiger partial charge on any atom is 0.416 e. The molecule has 0 radical (unpaired) electrons. The number of nitrogens with one attached hydrogen (secondary N) is 2. The summed E-state index contributed by atoms with van der Waals surface area (Å²) in [7, 11) is -1.29. The second-order valence-corrected chi connectivity index (χ2v) is 9.30. The van der Waals surface area contributed by atoms with E-state index in [-0.39, 0.29) is 21.3 Å². The fourth-order valence-electron chi connectivity index (χ4n) is 2.51. The molecule has 32 heavy (non-hydrogen) atoms. The number of rotatable bonds is 7. The first kappa shape index (κ1) is 25.4. The molecule has 1 amide bonds. The molecule has 0 spiro atoms. The van der Waals surface area contributed by atoms with E-state index in [4.69, 9.17) is 11.6 Å². The van der Waals surface area contributed by atoms with Gasteiger partial charge in [-0.05, 0) is 37.3 Å². The lowest BCUT2D eigenvalue weighted by molar-refractivity contribution is -0.384. The first-order valence-electron chi connectivity index (χ1n) is 8.79. The second kappa shape index (κ2) is 9.30. The topological polar surface area (TPSA) is 122 Å². The second-order valence-electron chi connectivity index (χ2n) is 6.77. The third-order valence-corrected chi connectivity index (χ3v) is 6.54. The van der Waals surface area contributed by atoms with E-state index < -0.39 is 44.3 Å². The Kier molecular flexibility index (Phi) is 7.37. The number of carbonyl (C=O) groups is 1. The number of alkyl halides is 3. The molecule has 0 saturated carbocycles. The van der Waals surface area contributed by atoms with Gasteiger partial charge in [0, 0.05) is 25.8 Å². The van der Waals surface area contributed by atoms with Crippen LogP contribution in [-0.4, -0.2) is 43.7 Å². The van der Waals surface area contributed by atoms with E-state index in [0.29, 0.717) is 12.1 Å². The molecule has 174 valence electrons. The van der Waals surface area contributed by atoms with Crippen molar-refractivity contribution in [1.29, 1.82) is 0 Å². The van der Waals surface area contributed by atoms with Gasteiger partial charge in [-0.1, -0.05) is 11.6 Å². The molecule has 0 aliphatic carbocycles. The molecule has 0 aliphatic rings. The average Bonchev–Trinajstić information content (AvgIpc) is 2.68. The van der Waals surface area contributed by atoms with Crippen LogP contribution in [0.5, 0.6) is 0 Å². The van der Waals surface area contributed by atoms with Crippen molar-refractivity contribution in [3.63, 3.8) is 0 Å². The standard InChI is InChI=1S/C18H18ClF3N4O5S/c1-10(23-14-7-4-11(18(20,21)22)8-15(14)26(28)29)17(27)24-12-5-6-13(19)16(9-12)32(30,31)25(2)3/h4-10,23H,1-3H3,(H,24,27). The van der Waals surface area contributed by atoms with E-state index in [1.165, 1.54) is 33.2 Å². The molecule has 1 atom stereocenters. The molecule has 0 aliphatic heterocycles. The fraction of sp³-hybridized carbons (Fsp3) is 0.278. The smallest absolute Gasteiger partial charge is 0.368 e. The van der Waals surface area contributed by atoms with Crippen molar-refractivity contribution in [2.45, 2.75) is 24.0 Å². The maximum atomic E-state index is 12.8. The van der Waals surface area contributed by atoms with Gasteiger partial charge in [-0.15, -0.1) is 0 Å². The summed E-state index contributed by atoms with van der Waals surface area (Å²) in [6.45, 7) is 1.32. The highest BCUT2D eigenvalue weighted by Gasteiger charge is 2.33. The minimum absolute atomic E-state index is 0.0664. The SMILES string of the molecule is CC(Nc1ccc(C(F)(F)F)cc1[N+](=O)[O-])C(=O)Nc1ccc(Cl)c(S(=O)(=O)N(C)C)c1. The van der Waals surface area contributed by atoms with Gasteiger partial charge >= 0.3 is 6.18 Å². The Hall–Kier alpha value is -2.90. The van der Waals surface area contributed by atoms with Crippen LogP contribution in [-0.2, 0) is 21.0 Å². The van der Waals surface area contributed by atoms with Crippen molar-refractivity contribution in [2.75, 3.05) is 24.7 Å². The van der Waals surface area contributed by atoms with E-state index in [1.54, 1.807) is 0 Å². The van der Waals surface area contributed by atoms with Crippen LogP contribution in [0.15, 0.2) is 41.3 Å². The van der Waals surface area contributed by atoms with Gasteiger partial charge in [-0.2, -0.15) is 13.2 Å². The summed E-state index contributed by atoms with van der Waals surface area (Å²) >= 11 is 5.95. The van der Waals surface area contributed by atoms with Crippen LogP contribution in [0.25, 0.3) is 0 Å². The summed E-state index contributed by atoms with van der Waals surface area (Å²) in [5.74, 6) is -0.727. The number of amides is 1. The number of sulfonamides is 1. The summed E-state index contributed by atoms with van der Waals surface area (Å²) in [5, 5.41) is 16.0. The zero-order chi connectivity index (χ0) is 24.4. The van der Waals surface area contributed by atoms with E-state index >= 15 is 0 Å². The van der Waals surface area contributed by atoms with Crippen molar-refractivity contribution < 1.29 is 31.3 Å². The van der Waals surface area contributed by atoms with Crippen LogP contribution in [0, 0.1) is 10.1 Å². The minimum Gasteiger partial charge on any atom is -0.368 e. The van der Waals surface area contributed by atoms with Gasteiger partial charge in [0.25, 0.3) is 5.69 Å². The zero-order valence-corrected chi connectivity index (χ0v) is 18.5. The Morgan fingerprint density at radius 3 is 2.34 bits per heavy atom.